The van der Waals surface area contributed by atoms with Crippen LogP contribution in [-0.2, 0) is 4.79 Å². The Kier molecular flexibility index (Phi) is 9.16. The summed E-state index contributed by atoms with van der Waals surface area (Å²) in [5.74, 6) is 1.64. The highest BCUT2D eigenvalue weighted by molar-refractivity contribution is 5.95. The number of para-hydroxylation sites is 1. The normalized spacial score (nSPS) is 11.2. The minimum atomic E-state index is -0.327. The topological polar surface area (TPSA) is 86.3 Å². The van der Waals surface area contributed by atoms with Gasteiger partial charge in [-0.3, -0.25) is 9.59 Å². The minimum Gasteiger partial charge on any atom is -0.496 e. The van der Waals surface area contributed by atoms with Gasteiger partial charge in [0.05, 0.1) is 26.9 Å². The second kappa shape index (κ2) is 12.5. The molecule has 0 aliphatic carbocycles. The van der Waals surface area contributed by atoms with Crippen molar-refractivity contribution in [3.05, 3.63) is 77.9 Å². The molecule has 8 nitrogen and oxygen atoms in total. The highest BCUT2D eigenvalue weighted by atomic mass is 16.5. The van der Waals surface area contributed by atoms with Crippen molar-refractivity contribution in [2.75, 3.05) is 39.8 Å². The van der Waals surface area contributed by atoms with E-state index in [9.17, 15) is 9.59 Å². The van der Waals surface area contributed by atoms with Gasteiger partial charge in [-0.1, -0.05) is 18.2 Å². The fraction of sp³-hybridized carbons (Fsp3) is 0.286. The average molecular weight is 493 g/mol. The van der Waals surface area contributed by atoms with Crippen LogP contribution in [0.25, 0.3) is 0 Å². The second-order valence-electron chi connectivity index (χ2n) is 7.99. The zero-order chi connectivity index (χ0) is 26.1. The summed E-state index contributed by atoms with van der Waals surface area (Å²) in [6.45, 7) is 4.20. The van der Waals surface area contributed by atoms with Crippen molar-refractivity contribution in [2.45, 2.75) is 19.9 Å². The Bertz CT molecular complexity index is 1180. The first-order chi connectivity index (χ1) is 17.4. The number of hydrogen-bond acceptors (Lipinski definition) is 6. The number of carbonyl (C=O) groups excluding carboxylic acids is 2. The summed E-state index contributed by atoms with van der Waals surface area (Å²) in [5, 5.41) is 2.77. The summed E-state index contributed by atoms with van der Waals surface area (Å²) in [5.41, 5.74) is 1.97. The molecule has 0 radical (unpaired) electrons. The lowest BCUT2D eigenvalue weighted by Crippen LogP contribution is -2.30. The van der Waals surface area contributed by atoms with Crippen molar-refractivity contribution in [2.24, 2.45) is 0 Å². The zero-order valence-electron chi connectivity index (χ0n) is 21.2. The first-order valence-electron chi connectivity index (χ1n) is 11.6. The molecule has 0 aliphatic heterocycles. The molecule has 1 atom stereocenters. The Morgan fingerprint density at radius 3 is 2.25 bits per heavy atom. The largest absolute Gasteiger partial charge is 0.496 e. The van der Waals surface area contributed by atoms with Gasteiger partial charge >= 0.3 is 0 Å². The Balaban J connectivity index is 1.64. The van der Waals surface area contributed by atoms with Gasteiger partial charge in [0.2, 0.25) is 0 Å². The van der Waals surface area contributed by atoms with Crippen LogP contribution >= 0.6 is 0 Å². The van der Waals surface area contributed by atoms with Crippen LogP contribution < -0.4 is 24.3 Å². The highest BCUT2D eigenvalue weighted by Crippen LogP contribution is 2.32. The molecular formula is C28H32N2O6. The van der Waals surface area contributed by atoms with E-state index in [4.69, 9.17) is 18.9 Å². The molecule has 2 amide bonds. The number of ether oxygens (including phenoxy) is 4. The Morgan fingerprint density at radius 1 is 0.889 bits per heavy atom. The van der Waals surface area contributed by atoms with E-state index in [-0.39, 0.29) is 24.5 Å². The van der Waals surface area contributed by atoms with Gasteiger partial charge in [-0.2, -0.15) is 0 Å². The molecule has 0 spiro atoms. The van der Waals surface area contributed by atoms with Crippen LogP contribution in [0.1, 0.15) is 35.8 Å². The van der Waals surface area contributed by atoms with Crippen molar-refractivity contribution in [3.63, 3.8) is 0 Å². The van der Waals surface area contributed by atoms with Gasteiger partial charge in [0.15, 0.2) is 18.1 Å². The monoisotopic (exact) mass is 492 g/mol. The summed E-state index contributed by atoms with van der Waals surface area (Å²) >= 11 is 0. The van der Waals surface area contributed by atoms with Crippen LogP contribution in [0.15, 0.2) is 66.7 Å². The first-order valence-corrected chi connectivity index (χ1v) is 11.6. The van der Waals surface area contributed by atoms with Gasteiger partial charge in [0.1, 0.15) is 11.5 Å². The fourth-order valence-corrected chi connectivity index (χ4v) is 3.66. The van der Waals surface area contributed by atoms with Gasteiger partial charge in [0, 0.05) is 23.9 Å². The van der Waals surface area contributed by atoms with Gasteiger partial charge in [-0.15, -0.1) is 0 Å². The third-order valence-electron chi connectivity index (χ3n) is 5.71. The predicted octanol–water partition coefficient (Wildman–Crippen LogP) is 4.95. The van der Waals surface area contributed by atoms with Gasteiger partial charge in [-0.25, -0.2) is 0 Å². The lowest BCUT2D eigenvalue weighted by molar-refractivity contribution is -0.118. The number of anilines is 1. The molecule has 8 heteroatoms. The lowest BCUT2D eigenvalue weighted by atomic mass is 10.0. The van der Waals surface area contributed by atoms with Crippen molar-refractivity contribution >= 4 is 17.5 Å². The summed E-state index contributed by atoms with van der Waals surface area (Å²) < 4.78 is 21.9. The number of rotatable bonds is 11. The van der Waals surface area contributed by atoms with Crippen molar-refractivity contribution in [1.29, 1.82) is 0 Å². The number of amides is 2. The third-order valence-corrected chi connectivity index (χ3v) is 5.71. The van der Waals surface area contributed by atoms with E-state index >= 15 is 0 Å². The smallest absolute Gasteiger partial charge is 0.262 e. The first kappa shape index (κ1) is 26.4. The molecule has 0 aromatic heterocycles. The standard InChI is InChI=1S/C28H32N2O6/c1-6-35-22-14-12-21(13-15-22)29-27(31)18-36-25-16-11-20(17-26(25)34-5)28(32)30(3)19(2)23-9-7-8-10-24(23)33-4/h7-17,19H,6,18H2,1-5H3,(H,29,31). The molecular weight excluding hydrogens is 460 g/mol. The summed E-state index contributed by atoms with van der Waals surface area (Å²) in [6.07, 6.45) is 0. The van der Waals surface area contributed by atoms with Crippen LogP contribution in [-0.4, -0.2) is 51.2 Å². The van der Waals surface area contributed by atoms with E-state index in [0.717, 1.165) is 17.1 Å². The van der Waals surface area contributed by atoms with Crippen LogP contribution in [0.5, 0.6) is 23.0 Å². The lowest BCUT2D eigenvalue weighted by Gasteiger charge is -2.27. The van der Waals surface area contributed by atoms with Gasteiger partial charge < -0.3 is 29.2 Å². The van der Waals surface area contributed by atoms with E-state index in [1.54, 1.807) is 61.5 Å². The minimum absolute atomic E-state index is 0.188. The molecule has 3 aromatic rings. The number of nitrogens with one attached hydrogen (secondary N) is 1. The molecule has 0 bridgehead atoms. The van der Waals surface area contributed by atoms with Crippen LogP contribution in [0.3, 0.4) is 0 Å². The number of benzene rings is 3. The molecule has 0 aliphatic rings. The van der Waals surface area contributed by atoms with E-state index < -0.39 is 0 Å². The van der Waals surface area contributed by atoms with Crippen molar-refractivity contribution < 1.29 is 28.5 Å². The Morgan fingerprint density at radius 2 is 1.58 bits per heavy atom. The Labute approximate surface area is 211 Å². The molecule has 190 valence electrons. The second-order valence-corrected chi connectivity index (χ2v) is 7.99. The SMILES string of the molecule is CCOc1ccc(NC(=O)COc2ccc(C(=O)N(C)C(C)c3ccccc3OC)cc2OC)cc1. The maximum absolute atomic E-state index is 13.2. The van der Waals surface area contributed by atoms with Crippen LogP contribution in [0.2, 0.25) is 0 Å². The molecule has 0 saturated carbocycles. The van der Waals surface area contributed by atoms with Crippen LogP contribution in [0, 0.1) is 0 Å². The zero-order valence-corrected chi connectivity index (χ0v) is 21.2. The van der Waals surface area contributed by atoms with E-state index in [1.807, 2.05) is 38.1 Å². The van der Waals surface area contributed by atoms with Crippen molar-refractivity contribution in [1.82, 2.24) is 4.90 Å². The maximum atomic E-state index is 13.2. The van der Waals surface area contributed by atoms with Crippen molar-refractivity contribution in [3.8, 4) is 23.0 Å². The van der Waals surface area contributed by atoms with E-state index in [2.05, 4.69) is 5.32 Å². The molecule has 0 heterocycles. The summed E-state index contributed by atoms with van der Waals surface area (Å²) in [7, 11) is 4.83. The number of methoxy groups -OCH3 is 2. The van der Waals surface area contributed by atoms with Crippen LogP contribution in [0.4, 0.5) is 5.69 Å². The number of nitrogens with zero attached hydrogens (tertiary/aromatic N) is 1. The number of carbonyl (C=O) groups is 2. The highest BCUT2D eigenvalue weighted by Gasteiger charge is 2.22. The average Bonchev–Trinajstić information content (AvgIpc) is 2.91. The Hall–Kier alpha value is -4.20. The van der Waals surface area contributed by atoms with E-state index in [0.29, 0.717) is 29.4 Å². The summed E-state index contributed by atoms with van der Waals surface area (Å²) in [4.78, 5) is 27.2. The fourth-order valence-electron chi connectivity index (χ4n) is 3.66. The summed E-state index contributed by atoms with van der Waals surface area (Å²) in [6, 6.07) is 19.3. The van der Waals surface area contributed by atoms with Gasteiger partial charge in [0.25, 0.3) is 11.8 Å². The maximum Gasteiger partial charge on any atom is 0.262 e. The molecule has 0 fully saturated rings. The van der Waals surface area contributed by atoms with Gasteiger partial charge in [-0.05, 0) is 62.4 Å². The molecule has 1 N–H and O–H groups in total. The predicted molar refractivity (Wildman–Crippen MR) is 138 cm³/mol. The van der Waals surface area contributed by atoms with E-state index in [1.165, 1.54) is 7.11 Å². The molecule has 36 heavy (non-hydrogen) atoms. The molecule has 1 unspecified atom stereocenters. The molecule has 0 saturated heterocycles. The quantitative estimate of drug-likeness (QED) is 0.408. The third kappa shape index (κ3) is 6.47. The number of hydrogen-bond donors (Lipinski definition) is 1. The molecule has 3 aromatic carbocycles. The molecule has 3 rings (SSSR count).